The smallest absolute Gasteiger partial charge is 0.128 e. The van der Waals surface area contributed by atoms with Crippen molar-refractivity contribution in [2.24, 2.45) is 0 Å². The highest BCUT2D eigenvalue weighted by atomic mass is 35.5. The number of fused-ring (bicyclic) bond motifs is 1. The zero-order chi connectivity index (χ0) is 11.8. The van der Waals surface area contributed by atoms with Crippen molar-refractivity contribution in [2.45, 2.75) is 18.6 Å². The van der Waals surface area contributed by atoms with Crippen molar-refractivity contribution < 1.29 is 5.11 Å². The van der Waals surface area contributed by atoms with Crippen LogP contribution in [-0.4, -0.2) is 53.3 Å². The van der Waals surface area contributed by atoms with Crippen LogP contribution in [0.3, 0.4) is 0 Å². The van der Waals surface area contributed by atoms with Gasteiger partial charge in [-0.25, -0.2) is 4.98 Å². The van der Waals surface area contributed by atoms with Crippen LogP contribution < -0.4 is 4.90 Å². The van der Waals surface area contributed by atoms with Crippen molar-refractivity contribution in [2.75, 3.05) is 31.1 Å². The Hall–Kier alpha value is -0.840. The van der Waals surface area contributed by atoms with Gasteiger partial charge in [-0.2, -0.15) is 0 Å². The first-order valence-corrected chi connectivity index (χ1v) is 6.39. The van der Waals surface area contributed by atoms with Crippen molar-refractivity contribution in [3.63, 3.8) is 0 Å². The van der Waals surface area contributed by atoms with Crippen molar-refractivity contribution in [3.8, 4) is 0 Å². The van der Waals surface area contributed by atoms with Gasteiger partial charge in [0, 0.05) is 38.4 Å². The lowest BCUT2D eigenvalue weighted by molar-refractivity contribution is 0.173. The average Bonchev–Trinajstić information content (AvgIpc) is 2.69. The van der Waals surface area contributed by atoms with Gasteiger partial charge in [-0.3, -0.25) is 4.90 Å². The lowest BCUT2D eigenvalue weighted by Gasteiger charge is -2.37. The van der Waals surface area contributed by atoms with Gasteiger partial charge in [0.1, 0.15) is 5.82 Å². The number of pyridine rings is 1. The maximum atomic E-state index is 9.66. The molecule has 3 heterocycles. The highest BCUT2D eigenvalue weighted by Gasteiger charge is 2.35. The molecule has 3 rings (SSSR count). The Morgan fingerprint density at radius 3 is 2.94 bits per heavy atom. The van der Waals surface area contributed by atoms with Gasteiger partial charge in [0.15, 0.2) is 0 Å². The van der Waals surface area contributed by atoms with Crippen LogP contribution in [0.25, 0.3) is 0 Å². The molecule has 1 N–H and O–H groups in total. The minimum absolute atomic E-state index is 0.155. The number of piperazine rings is 1. The molecule has 4 nitrogen and oxygen atoms in total. The summed E-state index contributed by atoms with van der Waals surface area (Å²) in [4.78, 5) is 8.99. The molecule has 2 aliphatic heterocycles. The normalized spacial score (nSPS) is 29.4. The van der Waals surface area contributed by atoms with Crippen molar-refractivity contribution in [3.05, 3.63) is 23.4 Å². The van der Waals surface area contributed by atoms with Gasteiger partial charge in [-0.15, -0.1) is 0 Å². The number of anilines is 1. The minimum Gasteiger partial charge on any atom is -0.392 e. The van der Waals surface area contributed by atoms with Crippen LogP contribution in [0, 0.1) is 0 Å². The number of nitrogens with zero attached hydrogens (tertiary/aromatic N) is 3. The summed E-state index contributed by atoms with van der Waals surface area (Å²) in [5.74, 6) is 0.982. The number of aliphatic hydroxyl groups is 1. The summed E-state index contributed by atoms with van der Waals surface area (Å²) in [6.45, 7) is 3.75. The lowest BCUT2D eigenvalue weighted by Crippen LogP contribution is -2.50. The average molecular weight is 254 g/mol. The molecule has 0 radical (unpaired) electrons. The highest BCUT2D eigenvalue weighted by Crippen LogP contribution is 2.25. The molecular weight excluding hydrogens is 238 g/mol. The Bertz CT molecular complexity index is 397. The second-order valence-electron chi connectivity index (χ2n) is 4.82. The monoisotopic (exact) mass is 253 g/mol. The van der Waals surface area contributed by atoms with E-state index in [0.717, 1.165) is 38.4 Å². The highest BCUT2D eigenvalue weighted by molar-refractivity contribution is 6.30. The fourth-order valence-electron chi connectivity index (χ4n) is 2.78. The first-order valence-electron chi connectivity index (χ1n) is 6.01. The van der Waals surface area contributed by atoms with Crippen molar-refractivity contribution in [1.82, 2.24) is 9.88 Å². The van der Waals surface area contributed by atoms with Crippen molar-refractivity contribution in [1.29, 1.82) is 0 Å². The van der Waals surface area contributed by atoms with E-state index in [1.807, 2.05) is 12.1 Å². The lowest BCUT2D eigenvalue weighted by atomic mass is 10.1. The first-order chi connectivity index (χ1) is 8.22. The number of rotatable bonds is 1. The van der Waals surface area contributed by atoms with E-state index in [0.29, 0.717) is 11.1 Å². The second-order valence-corrected chi connectivity index (χ2v) is 5.26. The standard InChI is InChI=1S/C12H16ClN3O/c13-9-1-2-12(14-6-9)16-4-3-15-8-11(17)5-10(15)7-16/h1-2,6,10-11,17H,3-5,7-8H2. The number of aromatic nitrogens is 1. The Balaban J connectivity index is 1.72. The van der Waals surface area contributed by atoms with E-state index in [1.54, 1.807) is 6.20 Å². The molecule has 0 aromatic carbocycles. The van der Waals surface area contributed by atoms with Crippen LogP contribution in [0.1, 0.15) is 6.42 Å². The van der Waals surface area contributed by atoms with Gasteiger partial charge in [0.05, 0.1) is 11.1 Å². The van der Waals surface area contributed by atoms with E-state index >= 15 is 0 Å². The minimum atomic E-state index is -0.155. The molecule has 17 heavy (non-hydrogen) atoms. The third-order valence-electron chi connectivity index (χ3n) is 3.63. The molecule has 0 saturated carbocycles. The molecule has 2 atom stereocenters. The van der Waals surface area contributed by atoms with E-state index in [9.17, 15) is 5.11 Å². The van der Waals surface area contributed by atoms with Crippen molar-refractivity contribution >= 4 is 17.4 Å². The summed E-state index contributed by atoms with van der Waals surface area (Å²) < 4.78 is 0. The molecule has 1 aromatic heterocycles. The third-order valence-corrected chi connectivity index (χ3v) is 3.85. The molecule has 2 saturated heterocycles. The maximum absolute atomic E-state index is 9.66. The SMILES string of the molecule is OC1CC2CN(c3ccc(Cl)cn3)CCN2C1. The number of hydrogen-bond donors (Lipinski definition) is 1. The molecule has 2 unspecified atom stereocenters. The zero-order valence-corrected chi connectivity index (χ0v) is 10.3. The molecular formula is C12H16ClN3O. The Morgan fingerprint density at radius 2 is 2.18 bits per heavy atom. The molecule has 2 fully saturated rings. The third kappa shape index (κ3) is 2.25. The van der Waals surface area contributed by atoms with Gasteiger partial charge >= 0.3 is 0 Å². The van der Waals surface area contributed by atoms with Gasteiger partial charge in [-0.1, -0.05) is 11.6 Å². The summed E-state index contributed by atoms with van der Waals surface area (Å²) in [5.41, 5.74) is 0. The summed E-state index contributed by atoms with van der Waals surface area (Å²) in [7, 11) is 0. The van der Waals surface area contributed by atoms with Crippen LogP contribution >= 0.6 is 11.6 Å². The predicted octanol–water partition coefficient (Wildman–Crippen LogP) is 0.990. The molecule has 5 heteroatoms. The second kappa shape index (κ2) is 4.44. The molecule has 0 bridgehead atoms. The van der Waals surface area contributed by atoms with Crippen LogP contribution in [0.4, 0.5) is 5.82 Å². The Labute approximate surface area is 106 Å². The molecule has 92 valence electrons. The Kier molecular flexibility index (Phi) is 2.94. The number of hydrogen-bond acceptors (Lipinski definition) is 4. The maximum Gasteiger partial charge on any atom is 0.128 e. The van der Waals surface area contributed by atoms with Gasteiger partial charge in [-0.05, 0) is 18.6 Å². The van der Waals surface area contributed by atoms with E-state index in [2.05, 4.69) is 14.8 Å². The fourth-order valence-corrected chi connectivity index (χ4v) is 2.89. The van der Waals surface area contributed by atoms with E-state index in [-0.39, 0.29) is 6.10 Å². The first kappa shape index (κ1) is 11.3. The van der Waals surface area contributed by atoms with Gasteiger partial charge in [0.2, 0.25) is 0 Å². The van der Waals surface area contributed by atoms with Gasteiger partial charge < -0.3 is 10.0 Å². The van der Waals surface area contributed by atoms with Crippen LogP contribution in [0.5, 0.6) is 0 Å². The quantitative estimate of drug-likeness (QED) is 0.810. The largest absolute Gasteiger partial charge is 0.392 e. The fraction of sp³-hybridized carbons (Fsp3) is 0.583. The van der Waals surface area contributed by atoms with Gasteiger partial charge in [0.25, 0.3) is 0 Å². The van der Waals surface area contributed by atoms with Crippen LogP contribution in [0.2, 0.25) is 5.02 Å². The summed E-state index contributed by atoms with van der Waals surface area (Å²) in [6.07, 6.45) is 2.41. The van der Waals surface area contributed by atoms with E-state index in [1.165, 1.54) is 0 Å². The molecule has 0 spiro atoms. The van der Waals surface area contributed by atoms with Crippen LogP contribution in [0.15, 0.2) is 18.3 Å². The van der Waals surface area contributed by atoms with Crippen LogP contribution in [-0.2, 0) is 0 Å². The zero-order valence-electron chi connectivity index (χ0n) is 9.59. The number of aliphatic hydroxyl groups excluding tert-OH is 1. The Morgan fingerprint density at radius 1 is 1.29 bits per heavy atom. The molecule has 0 aliphatic carbocycles. The van der Waals surface area contributed by atoms with E-state index < -0.39 is 0 Å². The predicted molar refractivity (Wildman–Crippen MR) is 67.4 cm³/mol. The summed E-state index contributed by atoms with van der Waals surface area (Å²) in [6, 6.07) is 4.31. The molecule has 2 aliphatic rings. The molecule has 1 aromatic rings. The molecule has 0 amide bonds. The number of halogens is 1. The topological polar surface area (TPSA) is 39.6 Å². The van der Waals surface area contributed by atoms with E-state index in [4.69, 9.17) is 11.6 Å². The summed E-state index contributed by atoms with van der Waals surface area (Å²) >= 11 is 5.84. The summed E-state index contributed by atoms with van der Waals surface area (Å²) in [5, 5.41) is 10.3.